The van der Waals surface area contributed by atoms with Crippen LogP contribution in [0.4, 0.5) is 0 Å². The average Bonchev–Trinajstić information content (AvgIpc) is 2.61. The fourth-order valence-electron chi connectivity index (χ4n) is 2.51. The van der Waals surface area contributed by atoms with Crippen LogP contribution >= 0.6 is 15.9 Å². The Morgan fingerprint density at radius 3 is 1.39 bits per heavy atom. The van der Waals surface area contributed by atoms with Gasteiger partial charge in [0.2, 0.25) is 0 Å². The van der Waals surface area contributed by atoms with Gasteiger partial charge in [0.15, 0.2) is 23.0 Å². The average molecular weight is 381 g/mol. The van der Waals surface area contributed by atoms with E-state index in [9.17, 15) is 0 Å². The van der Waals surface area contributed by atoms with Crippen molar-refractivity contribution in [3.63, 3.8) is 0 Å². The molecule has 4 nitrogen and oxygen atoms in total. The Labute approximate surface area is 145 Å². The molecular formula is C18H21BrO4. The van der Waals surface area contributed by atoms with Crippen molar-refractivity contribution in [1.82, 2.24) is 0 Å². The number of rotatable bonds is 7. The van der Waals surface area contributed by atoms with Gasteiger partial charge in [-0.05, 0) is 35.4 Å². The molecule has 0 heterocycles. The molecule has 0 radical (unpaired) electrons. The monoisotopic (exact) mass is 380 g/mol. The third-order valence-corrected chi connectivity index (χ3v) is 4.42. The van der Waals surface area contributed by atoms with Crippen molar-refractivity contribution >= 4 is 15.9 Å². The van der Waals surface area contributed by atoms with Crippen molar-refractivity contribution < 1.29 is 18.9 Å². The molecule has 2 aromatic rings. The summed E-state index contributed by atoms with van der Waals surface area (Å²) in [7, 11) is 6.55. The Balaban J connectivity index is 2.43. The van der Waals surface area contributed by atoms with Gasteiger partial charge in [-0.25, -0.2) is 0 Å². The number of ether oxygens (including phenoxy) is 4. The standard InChI is InChI=1S/C18H21BrO4/c1-20-15-7-5-12(9-17(15)22-3)14(11-19)13-6-8-16(21-2)18(10-13)23-4/h5-10,14H,11H2,1-4H3. The van der Waals surface area contributed by atoms with Gasteiger partial charge in [-0.1, -0.05) is 28.1 Å². The summed E-state index contributed by atoms with van der Waals surface area (Å²) in [6, 6.07) is 11.9. The number of hydrogen-bond donors (Lipinski definition) is 0. The predicted octanol–water partition coefficient (Wildman–Crippen LogP) is 4.25. The zero-order valence-corrected chi connectivity index (χ0v) is 15.3. The number of benzene rings is 2. The van der Waals surface area contributed by atoms with E-state index in [0.29, 0.717) is 0 Å². The lowest BCUT2D eigenvalue weighted by molar-refractivity contribution is 0.354. The Bertz CT molecular complexity index is 602. The Morgan fingerprint density at radius 2 is 1.09 bits per heavy atom. The number of methoxy groups -OCH3 is 4. The van der Waals surface area contributed by atoms with Gasteiger partial charge < -0.3 is 18.9 Å². The third kappa shape index (κ3) is 3.72. The van der Waals surface area contributed by atoms with E-state index in [1.807, 2.05) is 36.4 Å². The maximum Gasteiger partial charge on any atom is 0.161 e. The largest absolute Gasteiger partial charge is 0.493 e. The lowest BCUT2D eigenvalue weighted by Crippen LogP contribution is -2.04. The molecule has 0 spiro atoms. The molecule has 5 heteroatoms. The number of hydrogen-bond acceptors (Lipinski definition) is 4. The minimum absolute atomic E-state index is 0.162. The van der Waals surface area contributed by atoms with E-state index in [1.54, 1.807) is 28.4 Å². The van der Waals surface area contributed by atoms with Crippen molar-refractivity contribution in [1.29, 1.82) is 0 Å². The maximum atomic E-state index is 5.40. The van der Waals surface area contributed by atoms with E-state index >= 15 is 0 Å². The van der Waals surface area contributed by atoms with Gasteiger partial charge in [0.25, 0.3) is 0 Å². The van der Waals surface area contributed by atoms with Gasteiger partial charge in [-0.15, -0.1) is 0 Å². The van der Waals surface area contributed by atoms with E-state index in [4.69, 9.17) is 18.9 Å². The van der Waals surface area contributed by atoms with E-state index < -0.39 is 0 Å². The highest BCUT2D eigenvalue weighted by atomic mass is 79.9. The minimum atomic E-state index is 0.162. The number of alkyl halides is 1. The molecule has 0 atom stereocenters. The van der Waals surface area contributed by atoms with Crippen molar-refractivity contribution in [3.8, 4) is 23.0 Å². The van der Waals surface area contributed by atoms with Gasteiger partial charge >= 0.3 is 0 Å². The molecule has 0 aliphatic carbocycles. The fourth-order valence-corrected chi connectivity index (χ4v) is 3.26. The van der Waals surface area contributed by atoms with Crippen LogP contribution in [0.1, 0.15) is 17.0 Å². The summed E-state index contributed by atoms with van der Waals surface area (Å²) in [4.78, 5) is 0. The van der Waals surface area contributed by atoms with Crippen molar-refractivity contribution in [2.45, 2.75) is 5.92 Å². The quantitative estimate of drug-likeness (QED) is 0.672. The molecular weight excluding hydrogens is 360 g/mol. The van der Waals surface area contributed by atoms with Crippen LogP contribution < -0.4 is 18.9 Å². The molecule has 0 amide bonds. The molecule has 0 aromatic heterocycles. The molecule has 0 bridgehead atoms. The topological polar surface area (TPSA) is 36.9 Å². The van der Waals surface area contributed by atoms with Crippen LogP contribution in [0.2, 0.25) is 0 Å². The summed E-state index contributed by atoms with van der Waals surface area (Å²) < 4.78 is 21.4. The van der Waals surface area contributed by atoms with Crippen LogP contribution in [-0.4, -0.2) is 33.8 Å². The second-order valence-corrected chi connectivity index (χ2v) is 5.58. The first kappa shape index (κ1) is 17.5. The molecule has 0 N–H and O–H groups in total. The van der Waals surface area contributed by atoms with Crippen LogP contribution in [0.3, 0.4) is 0 Å². The minimum Gasteiger partial charge on any atom is -0.493 e. The maximum absolute atomic E-state index is 5.40. The first-order valence-corrected chi connectivity index (χ1v) is 8.30. The summed E-state index contributed by atoms with van der Waals surface area (Å²) in [5, 5.41) is 0.776. The lowest BCUT2D eigenvalue weighted by atomic mass is 9.92. The summed E-state index contributed by atoms with van der Waals surface area (Å²) >= 11 is 3.61. The van der Waals surface area contributed by atoms with Gasteiger partial charge in [0.1, 0.15) is 0 Å². The highest BCUT2D eigenvalue weighted by molar-refractivity contribution is 9.09. The Hall–Kier alpha value is -1.88. The molecule has 0 unspecified atom stereocenters. The second kappa shape index (κ2) is 8.11. The van der Waals surface area contributed by atoms with E-state index in [1.165, 1.54) is 0 Å². The highest BCUT2D eigenvalue weighted by Gasteiger charge is 2.17. The molecule has 0 saturated heterocycles. The molecule has 0 aliphatic rings. The number of halogens is 1. The SMILES string of the molecule is COc1ccc(C(CBr)c2ccc(OC)c(OC)c2)cc1OC. The molecule has 2 rings (SSSR count). The van der Waals surface area contributed by atoms with Crippen LogP contribution in [0.15, 0.2) is 36.4 Å². The van der Waals surface area contributed by atoms with Gasteiger partial charge in [0, 0.05) is 11.2 Å². The lowest BCUT2D eigenvalue weighted by Gasteiger charge is -2.19. The predicted molar refractivity (Wildman–Crippen MR) is 94.7 cm³/mol. The zero-order chi connectivity index (χ0) is 16.8. The zero-order valence-electron chi connectivity index (χ0n) is 13.8. The van der Waals surface area contributed by atoms with Crippen LogP contribution in [0.5, 0.6) is 23.0 Å². The molecule has 23 heavy (non-hydrogen) atoms. The Kier molecular flexibility index (Phi) is 6.16. The van der Waals surface area contributed by atoms with E-state index in [2.05, 4.69) is 15.9 Å². The molecule has 2 aromatic carbocycles. The van der Waals surface area contributed by atoms with Crippen molar-refractivity contribution in [2.24, 2.45) is 0 Å². The van der Waals surface area contributed by atoms with Crippen molar-refractivity contribution in [2.75, 3.05) is 33.8 Å². The first-order valence-electron chi connectivity index (χ1n) is 7.18. The Morgan fingerprint density at radius 1 is 0.696 bits per heavy atom. The second-order valence-electron chi connectivity index (χ2n) is 4.94. The third-order valence-electron chi connectivity index (χ3n) is 3.77. The molecule has 124 valence electrons. The summed E-state index contributed by atoms with van der Waals surface area (Å²) in [6.45, 7) is 0. The van der Waals surface area contributed by atoms with Crippen molar-refractivity contribution in [3.05, 3.63) is 47.5 Å². The van der Waals surface area contributed by atoms with Crippen LogP contribution in [-0.2, 0) is 0 Å². The van der Waals surface area contributed by atoms with Crippen LogP contribution in [0.25, 0.3) is 0 Å². The fraction of sp³-hybridized carbons (Fsp3) is 0.333. The smallest absolute Gasteiger partial charge is 0.161 e. The van der Waals surface area contributed by atoms with Gasteiger partial charge in [-0.3, -0.25) is 0 Å². The summed E-state index contributed by atoms with van der Waals surface area (Å²) in [5.74, 6) is 3.04. The van der Waals surface area contributed by atoms with Crippen LogP contribution in [0, 0.1) is 0 Å². The normalized spacial score (nSPS) is 10.5. The summed E-state index contributed by atoms with van der Waals surface area (Å²) in [6.07, 6.45) is 0. The van der Waals surface area contributed by atoms with Gasteiger partial charge in [0.05, 0.1) is 28.4 Å². The first-order chi connectivity index (χ1) is 11.2. The molecule has 0 saturated carbocycles. The molecule has 0 fully saturated rings. The molecule has 0 aliphatic heterocycles. The summed E-state index contributed by atoms with van der Waals surface area (Å²) in [5.41, 5.74) is 2.26. The van der Waals surface area contributed by atoms with E-state index in [0.717, 1.165) is 39.5 Å². The highest BCUT2D eigenvalue weighted by Crippen LogP contribution is 2.37. The van der Waals surface area contributed by atoms with Gasteiger partial charge in [-0.2, -0.15) is 0 Å². The van der Waals surface area contributed by atoms with E-state index in [-0.39, 0.29) is 5.92 Å².